The minimum absolute atomic E-state index is 0.102. The zero-order valence-corrected chi connectivity index (χ0v) is 8.53. The van der Waals surface area contributed by atoms with E-state index < -0.39 is 29.5 Å². The van der Waals surface area contributed by atoms with Crippen LogP contribution in [0.4, 0.5) is 13.2 Å². The van der Waals surface area contributed by atoms with Gasteiger partial charge in [0.2, 0.25) is 0 Å². The van der Waals surface area contributed by atoms with E-state index in [1.807, 2.05) is 0 Å². The fourth-order valence-corrected chi connectivity index (χ4v) is 1.28. The summed E-state index contributed by atoms with van der Waals surface area (Å²) < 4.78 is 37.3. The van der Waals surface area contributed by atoms with Crippen molar-refractivity contribution in [1.29, 1.82) is 0 Å². The number of aromatic hydroxyl groups is 1. The van der Waals surface area contributed by atoms with E-state index in [4.69, 9.17) is 15.9 Å². The van der Waals surface area contributed by atoms with Crippen LogP contribution >= 0.6 is 0 Å². The van der Waals surface area contributed by atoms with Gasteiger partial charge in [-0.3, -0.25) is 4.79 Å². The first-order valence-corrected chi connectivity index (χ1v) is 4.59. The van der Waals surface area contributed by atoms with Crippen LogP contribution in [0.15, 0.2) is 18.2 Å². The average molecular weight is 249 g/mol. The molecule has 4 N–H and O–H groups in total. The van der Waals surface area contributed by atoms with Gasteiger partial charge in [0.15, 0.2) is 0 Å². The van der Waals surface area contributed by atoms with Gasteiger partial charge in [0.05, 0.1) is 5.56 Å². The van der Waals surface area contributed by atoms with Crippen molar-refractivity contribution < 1.29 is 28.2 Å². The van der Waals surface area contributed by atoms with E-state index in [0.29, 0.717) is 6.07 Å². The fourth-order valence-electron chi connectivity index (χ4n) is 1.28. The fraction of sp³-hybridized carbons (Fsp3) is 0.300. The summed E-state index contributed by atoms with van der Waals surface area (Å²) in [5.74, 6) is -2.20. The number of carboxylic acid groups (broad SMARTS) is 1. The summed E-state index contributed by atoms with van der Waals surface area (Å²) in [6.45, 7) is 0. The number of phenolic OH excluding ortho intramolecular Hbond substituents is 1. The zero-order valence-electron chi connectivity index (χ0n) is 8.53. The first kappa shape index (κ1) is 13.3. The number of carboxylic acids is 1. The van der Waals surface area contributed by atoms with Gasteiger partial charge in [0.1, 0.15) is 11.8 Å². The standard InChI is InChI=1S/C10H10F3NO3/c11-10(12,13)6-3-5(1-2-8(6)15)4-7(14)9(16)17/h1-3,7,15H,4,14H2,(H,16,17)/t7-/m0/s1. The maximum atomic E-state index is 12.4. The Morgan fingerprint density at radius 1 is 1.41 bits per heavy atom. The van der Waals surface area contributed by atoms with Crippen LogP contribution in [0.25, 0.3) is 0 Å². The second kappa shape index (κ2) is 4.62. The van der Waals surface area contributed by atoms with E-state index in [-0.39, 0.29) is 12.0 Å². The Kier molecular flexibility index (Phi) is 3.62. The number of alkyl halides is 3. The van der Waals surface area contributed by atoms with Crippen molar-refractivity contribution in [2.45, 2.75) is 18.6 Å². The van der Waals surface area contributed by atoms with Crippen molar-refractivity contribution in [3.8, 4) is 5.75 Å². The molecule has 0 fully saturated rings. The molecule has 0 heterocycles. The number of aliphatic carboxylic acids is 1. The SMILES string of the molecule is N[C@@H](Cc1ccc(O)c(C(F)(F)F)c1)C(=O)O. The molecule has 94 valence electrons. The first-order chi connectivity index (χ1) is 7.71. The van der Waals surface area contributed by atoms with Crippen molar-refractivity contribution in [3.63, 3.8) is 0 Å². The Hall–Kier alpha value is -1.76. The molecule has 0 aliphatic carbocycles. The highest BCUT2D eigenvalue weighted by Crippen LogP contribution is 2.36. The van der Waals surface area contributed by atoms with Gasteiger partial charge in [-0.15, -0.1) is 0 Å². The Morgan fingerprint density at radius 2 is 2.00 bits per heavy atom. The lowest BCUT2D eigenvalue weighted by atomic mass is 10.0. The lowest BCUT2D eigenvalue weighted by Gasteiger charge is -2.12. The number of rotatable bonds is 3. The molecule has 1 aromatic carbocycles. The zero-order chi connectivity index (χ0) is 13.2. The number of nitrogens with two attached hydrogens (primary N) is 1. The van der Waals surface area contributed by atoms with Crippen LogP contribution in [0.5, 0.6) is 5.75 Å². The van der Waals surface area contributed by atoms with Gasteiger partial charge in [-0.25, -0.2) is 0 Å². The minimum Gasteiger partial charge on any atom is -0.507 e. The van der Waals surface area contributed by atoms with E-state index in [0.717, 1.165) is 6.07 Å². The van der Waals surface area contributed by atoms with Crippen LogP contribution in [-0.2, 0) is 17.4 Å². The third-order valence-electron chi connectivity index (χ3n) is 2.14. The number of carbonyl (C=O) groups is 1. The second-order valence-electron chi connectivity index (χ2n) is 3.50. The van der Waals surface area contributed by atoms with Gasteiger partial charge in [0.25, 0.3) is 0 Å². The van der Waals surface area contributed by atoms with Gasteiger partial charge < -0.3 is 15.9 Å². The normalized spacial score (nSPS) is 13.4. The molecule has 0 saturated heterocycles. The van der Waals surface area contributed by atoms with Gasteiger partial charge >= 0.3 is 12.1 Å². The van der Waals surface area contributed by atoms with E-state index >= 15 is 0 Å². The van der Waals surface area contributed by atoms with Gasteiger partial charge in [0, 0.05) is 0 Å². The molecule has 0 aliphatic rings. The van der Waals surface area contributed by atoms with Crippen molar-refractivity contribution >= 4 is 5.97 Å². The summed E-state index contributed by atoms with van der Waals surface area (Å²) >= 11 is 0. The molecule has 4 nitrogen and oxygen atoms in total. The third kappa shape index (κ3) is 3.35. The monoisotopic (exact) mass is 249 g/mol. The van der Waals surface area contributed by atoms with Crippen LogP contribution < -0.4 is 5.73 Å². The minimum atomic E-state index is -4.69. The average Bonchev–Trinajstić information content (AvgIpc) is 2.19. The smallest absolute Gasteiger partial charge is 0.419 e. The molecule has 1 rings (SSSR count). The highest BCUT2D eigenvalue weighted by molar-refractivity contribution is 5.73. The summed E-state index contributed by atoms with van der Waals surface area (Å²) in [7, 11) is 0. The van der Waals surface area contributed by atoms with E-state index in [1.54, 1.807) is 0 Å². The molecule has 0 aliphatic heterocycles. The lowest BCUT2D eigenvalue weighted by Crippen LogP contribution is -2.32. The lowest BCUT2D eigenvalue weighted by molar-refractivity contribution is -0.139. The van der Waals surface area contributed by atoms with Crippen LogP contribution in [0.2, 0.25) is 0 Å². The molecule has 1 atom stereocenters. The van der Waals surface area contributed by atoms with Crippen LogP contribution in [0.1, 0.15) is 11.1 Å². The maximum absolute atomic E-state index is 12.4. The molecule has 0 amide bonds. The summed E-state index contributed by atoms with van der Waals surface area (Å²) in [6.07, 6.45) is -4.92. The molecule has 0 unspecified atom stereocenters. The van der Waals surface area contributed by atoms with Crippen LogP contribution in [0, 0.1) is 0 Å². The number of benzene rings is 1. The Balaban J connectivity index is 3.01. The molecule has 0 radical (unpaired) electrons. The van der Waals surface area contributed by atoms with Crippen LogP contribution in [-0.4, -0.2) is 22.2 Å². The molecule has 7 heteroatoms. The quantitative estimate of drug-likeness (QED) is 0.755. The summed E-state index contributed by atoms with van der Waals surface area (Å²) in [6, 6.07) is 1.48. The summed E-state index contributed by atoms with van der Waals surface area (Å²) in [4.78, 5) is 10.5. The van der Waals surface area contributed by atoms with Crippen molar-refractivity contribution in [2.24, 2.45) is 5.73 Å². The summed E-state index contributed by atoms with van der Waals surface area (Å²) in [5, 5.41) is 17.6. The molecule has 17 heavy (non-hydrogen) atoms. The number of hydrogen-bond acceptors (Lipinski definition) is 3. The highest BCUT2D eigenvalue weighted by atomic mass is 19.4. The summed E-state index contributed by atoms with van der Waals surface area (Å²) in [5.41, 5.74) is 4.10. The van der Waals surface area contributed by atoms with Crippen molar-refractivity contribution in [3.05, 3.63) is 29.3 Å². The first-order valence-electron chi connectivity index (χ1n) is 4.59. The predicted octanol–water partition coefficient (Wildman–Crippen LogP) is 1.37. The van der Waals surface area contributed by atoms with Gasteiger partial charge in [-0.2, -0.15) is 13.2 Å². The Labute approximate surface area is 94.5 Å². The van der Waals surface area contributed by atoms with E-state index in [2.05, 4.69) is 0 Å². The predicted molar refractivity (Wildman–Crippen MR) is 52.4 cm³/mol. The molecule has 1 aromatic rings. The van der Waals surface area contributed by atoms with Crippen LogP contribution in [0.3, 0.4) is 0 Å². The van der Waals surface area contributed by atoms with Gasteiger partial charge in [-0.1, -0.05) is 6.07 Å². The molecule has 0 spiro atoms. The van der Waals surface area contributed by atoms with E-state index in [1.165, 1.54) is 6.07 Å². The highest BCUT2D eigenvalue weighted by Gasteiger charge is 2.34. The largest absolute Gasteiger partial charge is 0.507 e. The van der Waals surface area contributed by atoms with Gasteiger partial charge in [-0.05, 0) is 24.1 Å². The molecular formula is C10H10F3NO3. The van der Waals surface area contributed by atoms with E-state index in [9.17, 15) is 18.0 Å². The Morgan fingerprint density at radius 3 is 2.47 bits per heavy atom. The third-order valence-corrected chi connectivity index (χ3v) is 2.14. The molecular weight excluding hydrogens is 239 g/mol. The topological polar surface area (TPSA) is 83.5 Å². The molecule has 0 saturated carbocycles. The number of hydrogen-bond donors (Lipinski definition) is 3. The number of halogens is 3. The Bertz CT molecular complexity index is 431. The maximum Gasteiger partial charge on any atom is 0.419 e. The molecule has 0 aromatic heterocycles. The van der Waals surface area contributed by atoms with Crippen molar-refractivity contribution in [2.75, 3.05) is 0 Å². The second-order valence-corrected chi connectivity index (χ2v) is 3.50. The molecule has 0 bridgehead atoms. The van der Waals surface area contributed by atoms with Crippen molar-refractivity contribution in [1.82, 2.24) is 0 Å². The number of phenols is 1.